The van der Waals surface area contributed by atoms with E-state index in [1.54, 1.807) is 18.4 Å². The van der Waals surface area contributed by atoms with Gasteiger partial charge in [-0.25, -0.2) is 4.98 Å². The molecule has 3 heterocycles. The summed E-state index contributed by atoms with van der Waals surface area (Å²) in [6, 6.07) is 0. The maximum absolute atomic E-state index is 4.55. The number of nitrogens with zero attached hydrogens (tertiary/aromatic N) is 5. The summed E-state index contributed by atoms with van der Waals surface area (Å²) in [5.74, 6) is 3.51. The van der Waals surface area contributed by atoms with Crippen molar-refractivity contribution >= 4 is 17.3 Å². The molecule has 1 unspecified atom stereocenters. The lowest BCUT2D eigenvalue weighted by molar-refractivity contribution is 0.358. The first-order valence-electron chi connectivity index (χ1n) is 8.33. The molecule has 0 spiro atoms. The molecule has 0 amide bonds. The van der Waals surface area contributed by atoms with Crippen LogP contribution >= 0.6 is 11.3 Å². The third-order valence-corrected chi connectivity index (χ3v) is 5.56. The molecule has 0 saturated heterocycles. The van der Waals surface area contributed by atoms with E-state index in [1.807, 2.05) is 13.8 Å². The smallest absolute Gasteiger partial charge is 0.191 e. The fourth-order valence-corrected chi connectivity index (χ4v) is 3.81. The summed E-state index contributed by atoms with van der Waals surface area (Å²) in [6.07, 6.45) is 2.13. The first kappa shape index (κ1) is 16.9. The largest absolute Gasteiger partial charge is 0.356 e. The van der Waals surface area contributed by atoms with Gasteiger partial charge in [-0.3, -0.25) is 4.99 Å². The zero-order valence-electron chi connectivity index (χ0n) is 14.8. The minimum atomic E-state index is 0.565. The summed E-state index contributed by atoms with van der Waals surface area (Å²) in [6.45, 7) is 8.75. The Morgan fingerprint density at radius 1 is 1.29 bits per heavy atom. The third kappa shape index (κ3) is 3.75. The second-order valence-electron chi connectivity index (χ2n) is 6.23. The van der Waals surface area contributed by atoms with Crippen molar-refractivity contribution in [2.45, 2.75) is 46.7 Å². The first-order chi connectivity index (χ1) is 11.6. The van der Waals surface area contributed by atoms with E-state index in [1.165, 1.54) is 4.88 Å². The Bertz CT molecular complexity index is 711. The van der Waals surface area contributed by atoms with E-state index < -0.39 is 0 Å². The van der Waals surface area contributed by atoms with Gasteiger partial charge in [-0.1, -0.05) is 0 Å². The molecule has 2 aromatic rings. The fourth-order valence-electron chi connectivity index (χ4n) is 2.93. The van der Waals surface area contributed by atoms with Crippen molar-refractivity contribution in [1.29, 1.82) is 0 Å². The molecular formula is C16H25N7S. The van der Waals surface area contributed by atoms with E-state index in [9.17, 15) is 0 Å². The Kier molecular flexibility index (Phi) is 5.13. The quantitative estimate of drug-likeness (QED) is 0.648. The van der Waals surface area contributed by atoms with E-state index in [-0.39, 0.29) is 0 Å². The molecule has 2 aromatic heterocycles. The number of nitrogens with one attached hydrogen (secondary N) is 2. The molecule has 0 saturated carbocycles. The van der Waals surface area contributed by atoms with Gasteiger partial charge in [0.05, 0.1) is 12.2 Å². The van der Waals surface area contributed by atoms with Crippen LogP contribution in [0.2, 0.25) is 0 Å². The molecule has 0 aromatic carbocycles. The molecule has 0 fully saturated rings. The van der Waals surface area contributed by atoms with Gasteiger partial charge in [-0.15, -0.1) is 21.5 Å². The lowest BCUT2D eigenvalue weighted by atomic mass is 9.99. The van der Waals surface area contributed by atoms with Crippen LogP contribution in [0.5, 0.6) is 0 Å². The molecule has 0 radical (unpaired) electrons. The number of hydrogen-bond donors (Lipinski definition) is 2. The summed E-state index contributed by atoms with van der Waals surface area (Å²) in [5, 5.41) is 16.3. The van der Waals surface area contributed by atoms with Crippen molar-refractivity contribution in [3.8, 4) is 0 Å². The molecule has 1 atom stereocenters. The molecule has 3 rings (SSSR count). The highest BCUT2D eigenvalue weighted by Crippen LogP contribution is 2.19. The van der Waals surface area contributed by atoms with Crippen LogP contribution in [0.25, 0.3) is 0 Å². The van der Waals surface area contributed by atoms with E-state index in [4.69, 9.17) is 0 Å². The van der Waals surface area contributed by atoms with E-state index in [0.717, 1.165) is 54.2 Å². The molecule has 24 heavy (non-hydrogen) atoms. The van der Waals surface area contributed by atoms with Crippen LogP contribution in [0.4, 0.5) is 0 Å². The van der Waals surface area contributed by atoms with E-state index in [2.05, 4.69) is 42.3 Å². The molecular weight excluding hydrogens is 322 g/mol. The second-order valence-corrected chi connectivity index (χ2v) is 7.52. The Balaban J connectivity index is 1.49. The number of aryl methyl sites for hydroxylation is 4. The predicted molar refractivity (Wildman–Crippen MR) is 96.4 cm³/mol. The monoisotopic (exact) mass is 347 g/mol. The molecule has 130 valence electrons. The Labute approximate surface area is 146 Å². The number of guanidine groups is 1. The van der Waals surface area contributed by atoms with Gasteiger partial charge in [0.15, 0.2) is 5.96 Å². The van der Waals surface area contributed by atoms with Crippen LogP contribution in [0.3, 0.4) is 0 Å². The first-order valence-corrected chi connectivity index (χ1v) is 9.14. The maximum Gasteiger partial charge on any atom is 0.191 e. The summed E-state index contributed by atoms with van der Waals surface area (Å²) in [4.78, 5) is 10.1. The average molecular weight is 347 g/mol. The fraction of sp³-hybridized carbons (Fsp3) is 0.625. The Morgan fingerprint density at radius 2 is 2.12 bits per heavy atom. The van der Waals surface area contributed by atoms with Crippen LogP contribution in [0.1, 0.15) is 33.6 Å². The second kappa shape index (κ2) is 7.29. The zero-order valence-corrected chi connectivity index (χ0v) is 15.6. The van der Waals surface area contributed by atoms with Gasteiger partial charge in [0.1, 0.15) is 16.7 Å². The van der Waals surface area contributed by atoms with Crippen molar-refractivity contribution in [2.75, 3.05) is 13.6 Å². The SMILES string of the molecule is CN=C(NCc1nc(C)c(C)s1)NCC1CCc2nnc(C)n2C1. The molecule has 1 aliphatic rings. The van der Waals surface area contributed by atoms with E-state index in [0.29, 0.717) is 12.5 Å². The van der Waals surface area contributed by atoms with Crippen LogP contribution in [-0.4, -0.2) is 39.3 Å². The normalized spacial score (nSPS) is 17.7. The van der Waals surface area contributed by atoms with Crippen LogP contribution in [0.15, 0.2) is 4.99 Å². The summed E-state index contributed by atoms with van der Waals surface area (Å²) < 4.78 is 2.23. The highest BCUT2D eigenvalue weighted by atomic mass is 32.1. The van der Waals surface area contributed by atoms with Crippen LogP contribution < -0.4 is 10.6 Å². The molecule has 7 nitrogen and oxygen atoms in total. The number of hydrogen-bond acceptors (Lipinski definition) is 5. The maximum atomic E-state index is 4.55. The number of fused-ring (bicyclic) bond motifs is 1. The summed E-state index contributed by atoms with van der Waals surface area (Å²) >= 11 is 1.73. The molecule has 2 N–H and O–H groups in total. The molecule has 0 bridgehead atoms. The third-order valence-electron chi connectivity index (χ3n) is 4.49. The Hall–Kier alpha value is -1.96. The van der Waals surface area contributed by atoms with Gasteiger partial charge in [0.25, 0.3) is 0 Å². The standard InChI is InChI=1S/C16H25N7S/c1-10-11(2)24-15(20-10)8-19-16(17-4)18-7-13-5-6-14-22-21-12(3)23(14)9-13/h13H,5-9H2,1-4H3,(H2,17,18,19). The molecule has 8 heteroatoms. The number of rotatable bonds is 4. The van der Waals surface area contributed by atoms with Crippen molar-refractivity contribution in [3.05, 3.63) is 27.2 Å². The highest BCUT2D eigenvalue weighted by Gasteiger charge is 2.21. The highest BCUT2D eigenvalue weighted by molar-refractivity contribution is 7.11. The number of aliphatic imine (C=N–C) groups is 1. The van der Waals surface area contributed by atoms with Gasteiger partial charge >= 0.3 is 0 Å². The van der Waals surface area contributed by atoms with Crippen molar-refractivity contribution < 1.29 is 0 Å². The van der Waals surface area contributed by atoms with Gasteiger partial charge in [0, 0.05) is 31.4 Å². The van der Waals surface area contributed by atoms with Crippen LogP contribution in [0, 0.1) is 26.7 Å². The predicted octanol–water partition coefficient (Wildman–Crippen LogP) is 1.59. The average Bonchev–Trinajstić information content (AvgIpc) is 3.10. The van der Waals surface area contributed by atoms with Crippen molar-refractivity contribution in [3.63, 3.8) is 0 Å². The lowest BCUT2D eigenvalue weighted by Gasteiger charge is -2.24. The summed E-state index contributed by atoms with van der Waals surface area (Å²) in [5.41, 5.74) is 1.11. The topological polar surface area (TPSA) is 80.0 Å². The van der Waals surface area contributed by atoms with Gasteiger partial charge < -0.3 is 15.2 Å². The van der Waals surface area contributed by atoms with E-state index >= 15 is 0 Å². The zero-order chi connectivity index (χ0) is 17.1. The van der Waals surface area contributed by atoms with Gasteiger partial charge in [0.2, 0.25) is 0 Å². The summed E-state index contributed by atoms with van der Waals surface area (Å²) in [7, 11) is 1.80. The Morgan fingerprint density at radius 3 is 2.83 bits per heavy atom. The number of thiazole rings is 1. The number of aromatic nitrogens is 4. The van der Waals surface area contributed by atoms with Crippen LogP contribution in [-0.2, 0) is 19.5 Å². The van der Waals surface area contributed by atoms with Crippen molar-refractivity contribution in [2.24, 2.45) is 10.9 Å². The lowest BCUT2D eigenvalue weighted by Crippen LogP contribution is -2.41. The van der Waals surface area contributed by atoms with Gasteiger partial charge in [-0.2, -0.15) is 0 Å². The van der Waals surface area contributed by atoms with Gasteiger partial charge in [-0.05, 0) is 33.1 Å². The van der Waals surface area contributed by atoms with Crippen molar-refractivity contribution in [1.82, 2.24) is 30.4 Å². The minimum absolute atomic E-state index is 0.565. The molecule has 0 aliphatic carbocycles. The minimum Gasteiger partial charge on any atom is -0.356 e. The molecule has 1 aliphatic heterocycles.